The van der Waals surface area contributed by atoms with Gasteiger partial charge in [-0.3, -0.25) is 14.4 Å². The van der Waals surface area contributed by atoms with E-state index in [0.717, 1.165) is 72.5 Å². The van der Waals surface area contributed by atoms with Crippen molar-refractivity contribution in [2.45, 2.75) is 68.7 Å². The molecule has 2 aromatic heterocycles. The van der Waals surface area contributed by atoms with Crippen LogP contribution in [0.1, 0.15) is 56.3 Å². The maximum Gasteiger partial charge on any atom is 0.328 e. The van der Waals surface area contributed by atoms with Gasteiger partial charge in [0, 0.05) is 30.4 Å². The van der Waals surface area contributed by atoms with Crippen LogP contribution in [0.15, 0.2) is 47.6 Å². The van der Waals surface area contributed by atoms with E-state index in [-0.39, 0.29) is 12.2 Å². The molecule has 0 bridgehead atoms. The summed E-state index contributed by atoms with van der Waals surface area (Å²) in [5.41, 5.74) is 3.78. The fourth-order valence-electron chi connectivity index (χ4n) is 5.81. The Morgan fingerprint density at radius 3 is 2.61 bits per heavy atom. The molecule has 3 aliphatic rings. The van der Waals surface area contributed by atoms with Gasteiger partial charge in [-0.1, -0.05) is 47.3 Å². The third kappa shape index (κ3) is 4.09. The Balaban J connectivity index is 1.27. The Morgan fingerprint density at radius 2 is 1.92 bits per heavy atom. The van der Waals surface area contributed by atoms with Gasteiger partial charge in [-0.15, -0.1) is 0 Å². The zero-order chi connectivity index (χ0) is 24.9. The van der Waals surface area contributed by atoms with Crippen molar-refractivity contribution in [3.8, 4) is 5.69 Å². The number of pyridine rings is 1. The number of aliphatic carboxylic acids is 1. The smallest absolute Gasteiger partial charge is 0.328 e. The highest BCUT2D eigenvalue weighted by Crippen LogP contribution is 2.49. The number of aromatic nitrogens is 3. The van der Waals surface area contributed by atoms with E-state index in [4.69, 9.17) is 4.98 Å². The van der Waals surface area contributed by atoms with Crippen LogP contribution in [0.5, 0.6) is 0 Å². The lowest BCUT2D eigenvalue weighted by Crippen LogP contribution is -2.61. The van der Waals surface area contributed by atoms with Gasteiger partial charge in [0.05, 0.1) is 5.41 Å². The summed E-state index contributed by atoms with van der Waals surface area (Å²) in [7, 11) is 0. The maximum atomic E-state index is 12.7. The second-order valence-corrected chi connectivity index (χ2v) is 11.4. The van der Waals surface area contributed by atoms with E-state index in [2.05, 4.69) is 30.5 Å². The Morgan fingerprint density at radius 1 is 1.17 bits per heavy atom. The number of carboxylic acid groups (broad SMARTS) is 1. The molecule has 7 nitrogen and oxygen atoms in total. The summed E-state index contributed by atoms with van der Waals surface area (Å²) in [6, 6.07) is 10.9. The predicted molar refractivity (Wildman–Crippen MR) is 141 cm³/mol. The van der Waals surface area contributed by atoms with Crippen LogP contribution in [0.3, 0.4) is 0 Å². The van der Waals surface area contributed by atoms with Crippen molar-refractivity contribution in [1.29, 1.82) is 0 Å². The van der Waals surface area contributed by atoms with Gasteiger partial charge in [0.1, 0.15) is 16.2 Å². The molecule has 1 aromatic carbocycles. The van der Waals surface area contributed by atoms with Gasteiger partial charge in [-0.2, -0.15) is 0 Å². The summed E-state index contributed by atoms with van der Waals surface area (Å²) >= 11 is 3.46. The Kier molecular flexibility index (Phi) is 6.02. The molecule has 36 heavy (non-hydrogen) atoms. The lowest BCUT2D eigenvalue weighted by atomic mass is 9.58. The molecule has 3 saturated carbocycles. The third-order valence-corrected chi connectivity index (χ3v) is 8.85. The maximum absolute atomic E-state index is 12.7. The number of carbonyl (C=O) groups excluding carboxylic acids is 1. The van der Waals surface area contributed by atoms with E-state index in [1.165, 1.54) is 12.8 Å². The molecule has 186 valence electrons. The molecule has 1 N–H and O–H groups in total. The number of ketones is 1. The summed E-state index contributed by atoms with van der Waals surface area (Å²) in [6.45, 7) is 0. The molecule has 0 amide bonds. The number of benzene rings is 1. The number of alkyl halides is 1. The van der Waals surface area contributed by atoms with Crippen molar-refractivity contribution in [2.24, 2.45) is 16.3 Å². The monoisotopic (exact) mass is 548 g/mol. The molecule has 3 aromatic rings. The van der Waals surface area contributed by atoms with E-state index in [9.17, 15) is 14.7 Å². The molecule has 2 atom stereocenters. The zero-order valence-corrected chi connectivity index (χ0v) is 21.7. The normalized spacial score (nSPS) is 23.2. The van der Waals surface area contributed by atoms with Crippen LogP contribution in [0.2, 0.25) is 0 Å². The Bertz CT molecular complexity index is 1350. The number of nitrogens with zero attached hydrogens (tertiary/aromatic N) is 4. The van der Waals surface area contributed by atoms with Crippen molar-refractivity contribution >= 4 is 44.6 Å². The van der Waals surface area contributed by atoms with Crippen LogP contribution < -0.4 is 0 Å². The number of imidazole rings is 1. The standard InChI is InChI=1S/C28H29BrN4O3/c29-23-24(28(25(23)34)12-2-1-3-13-28)32-21(27(35)36)15-17-8-10-19(11-9-17)33-22(16-18-6-7-18)31-20-5-4-14-30-26(20)33/h4-5,8-11,14,18,21,23H,1-3,6-7,12-13,15-16H2,(H,35,36)/t21-,23?/m0/s1. The van der Waals surface area contributed by atoms with E-state index in [1.807, 2.05) is 36.4 Å². The number of carboxylic acids is 1. The topological polar surface area (TPSA) is 97.4 Å². The number of aliphatic imine (C=N–C) groups is 1. The highest BCUT2D eigenvalue weighted by atomic mass is 79.9. The minimum atomic E-state index is -0.965. The predicted octanol–water partition coefficient (Wildman–Crippen LogP) is 5.11. The highest BCUT2D eigenvalue weighted by Gasteiger charge is 2.58. The molecular weight excluding hydrogens is 520 g/mol. The first-order valence-corrected chi connectivity index (χ1v) is 13.8. The zero-order valence-electron chi connectivity index (χ0n) is 20.1. The van der Waals surface area contributed by atoms with Gasteiger partial charge in [0.25, 0.3) is 0 Å². The average molecular weight is 549 g/mol. The van der Waals surface area contributed by atoms with Gasteiger partial charge in [-0.05, 0) is 61.4 Å². The summed E-state index contributed by atoms with van der Waals surface area (Å²) in [5, 5.41) is 9.96. The fraction of sp³-hybridized carbons (Fsp3) is 0.464. The van der Waals surface area contributed by atoms with E-state index >= 15 is 0 Å². The van der Waals surface area contributed by atoms with Crippen LogP contribution in [0, 0.1) is 11.3 Å². The average Bonchev–Trinajstić information content (AvgIpc) is 3.64. The molecule has 1 unspecified atom stereocenters. The summed E-state index contributed by atoms with van der Waals surface area (Å²) in [5.74, 6) is 0.912. The van der Waals surface area contributed by atoms with Crippen molar-refractivity contribution < 1.29 is 14.7 Å². The van der Waals surface area contributed by atoms with Crippen LogP contribution in [-0.2, 0) is 22.4 Å². The minimum absolute atomic E-state index is 0.164. The third-order valence-electron chi connectivity index (χ3n) is 8.00. The summed E-state index contributed by atoms with van der Waals surface area (Å²) < 4.78 is 2.12. The number of Topliss-reactive ketones (excluding diaryl/α,β-unsaturated/α-hetero) is 1. The van der Waals surface area contributed by atoms with Gasteiger partial charge >= 0.3 is 5.97 Å². The van der Waals surface area contributed by atoms with Crippen LogP contribution in [0.4, 0.5) is 0 Å². The molecule has 6 rings (SSSR count). The number of halogens is 1. The molecular formula is C28H29BrN4O3. The first-order chi connectivity index (χ1) is 17.5. The largest absolute Gasteiger partial charge is 0.480 e. The van der Waals surface area contributed by atoms with Crippen molar-refractivity contribution in [3.05, 3.63) is 54.0 Å². The lowest BCUT2D eigenvalue weighted by molar-refractivity contribution is -0.138. The summed E-state index contributed by atoms with van der Waals surface area (Å²) in [6.07, 6.45) is 10.2. The SMILES string of the molecule is O=C(O)[C@H](Cc1ccc(-n2c(CC3CC3)nc3cccnc32)cc1)N=C1C(Br)C(=O)C12CCCCC2. The number of hydrogen-bond donors (Lipinski definition) is 1. The number of carbonyl (C=O) groups is 2. The Hall–Kier alpha value is -2.87. The fourth-order valence-corrected chi connectivity index (χ4v) is 6.81. The molecule has 0 saturated heterocycles. The van der Waals surface area contributed by atoms with Crippen molar-refractivity contribution in [2.75, 3.05) is 0 Å². The van der Waals surface area contributed by atoms with Gasteiger partial charge in [0.2, 0.25) is 0 Å². The Labute approximate surface area is 218 Å². The quantitative estimate of drug-likeness (QED) is 0.414. The first-order valence-electron chi connectivity index (χ1n) is 12.9. The summed E-state index contributed by atoms with van der Waals surface area (Å²) in [4.78, 5) is 38.5. The second kappa shape index (κ2) is 9.21. The minimum Gasteiger partial charge on any atom is -0.480 e. The van der Waals surface area contributed by atoms with Gasteiger partial charge in [-0.25, -0.2) is 14.8 Å². The molecule has 8 heteroatoms. The molecule has 2 heterocycles. The molecule has 0 radical (unpaired) electrons. The second-order valence-electron chi connectivity index (χ2n) is 10.5. The molecule has 3 aliphatic carbocycles. The number of hydrogen-bond acceptors (Lipinski definition) is 5. The van der Waals surface area contributed by atoms with Crippen LogP contribution in [-0.4, -0.2) is 48.0 Å². The van der Waals surface area contributed by atoms with Crippen LogP contribution >= 0.6 is 15.9 Å². The highest BCUT2D eigenvalue weighted by molar-refractivity contribution is 9.10. The van der Waals surface area contributed by atoms with Crippen molar-refractivity contribution in [1.82, 2.24) is 14.5 Å². The number of fused-ring (bicyclic) bond motifs is 1. The first kappa shape index (κ1) is 23.5. The van der Waals surface area contributed by atoms with E-state index < -0.39 is 22.3 Å². The van der Waals surface area contributed by atoms with E-state index in [1.54, 1.807) is 6.20 Å². The molecule has 0 aliphatic heterocycles. The van der Waals surface area contributed by atoms with Gasteiger partial charge in [0.15, 0.2) is 17.5 Å². The van der Waals surface area contributed by atoms with E-state index in [0.29, 0.717) is 5.92 Å². The van der Waals surface area contributed by atoms with Crippen LogP contribution in [0.25, 0.3) is 16.9 Å². The lowest BCUT2D eigenvalue weighted by Gasteiger charge is -2.47. The molecule has 1 spiro atoms. The van der Waals surface area contributed by atoms with Crippen molar-refractivity contribution in [3.63, 3.8) is 0 Å². The molecule has 3 fully saturated rings. The number of rotatable bonds is 7. The van der Waals surface area contributed by atoms with Gasteiger partial charge < -0.3 is 5.11 Å².